The van der Waals surface area contributed by atoms with Gasteiger partial charge < -0.3 is 9.80 Å². The average molecular weight is 363 g/mol. The second-order valence-electron chi connectivity index (χ2n) is 7.81. The van der Waals surface area contributed by atoms with Crippen molar-refractivity contribution in [1.82, 2.24) is 9.80 Å². The lowest BCUT2D eigenvalue weighted by molar-refractivity contribution is -0.140. The van der Waals surface area contributed by atoms with Crippen molar-refractivity contribution in [2.45, 2.75) is 38.1 Å². The number of carbonyl (C=O) groups excluding carboxylic acids is 1. The van der Waals surface area contributed by atoms with Gasteiger partial charge in [-0.2, -0.15) is 0 Å². The van der Waals surface area contributed by atoms with Gasteiger partial charge in [-0.15, -0.1) is 0 Å². The molecule has 0 atom stereocenters. The van der Waals surface area contributed by atoms with Gasteiger partial charge in [-0.25, -0.2) is 8.78 Å². The summed E-state index contributed by atoms with van der Waals surface area (Å²) >= 11 is 0. The summed E-state index contributed by atoms with van der Waals surface area (Å²) in [6.07, 6.45) is 5.39. The molecule has 1 aromatic carbocycles. The van der Waals surface area contributed by atoms with E-state index in [1.807, 2.05) is 0 Å². The standard InChI is InChI=1S/C20H27F2N3O/c21-18-5-4-17(14-19(18)22)23-8-6-16(7-9-23)24-10-12-25(13-11-24)20(26)15-2-1-3-15/h4-5,14-16H,1-3,6-13H2. The Hall–Kier alpha value is -1.69. The summed E-state index contributed by atoms with van der Waals surface area (Å²) in [6.45, 7) is 5.31. The Balaban J connectivity index is 1.26. The monoisotopic (exact) mass is 363 g/mol. The summed E-state index contributed by atoms with van der Waals surface area (Å²) in [4.78, 5) is 19.1. The largest absolute Gasteiger partial charge is 0.371 e. The van der Waals surface area contributed by atoms with E-state index < -0.39 is 11.6 Å². The number of nitrogens with zero attached hydrogens (tertiary/aromatic N) is 3. The third-order valence-corrected chi connectivity index (χ3v) is 6.33. The third kappa shape index (κ3) is 3.56. The highest BCUT2D eigenvalue weighted by atomic mass is 19.2. The lowest BCUT2D eigenvalue weighted by Crippen LogP contribution is -2.55. The number of piperidine rings is 1. The van der Waals surface area contributed by atoms with E-state index in [0.717, 1.165) is 70.6 Å². The van der Waals surface area contributed by atoms with Gasteiger partial charge in [0.05, 0.1) is 0 Å². The van der Waals surface area contributed by atoms with Crippen LogP contribution in [-0.2, 0) is 4.79 Å². The zero-order chi connectivity index (χ0) is 18.1. The van der Waals surface area contributed by atoms with Gasteiger partial charge >= 0.3 is 0 Å². The molecule has 142 valence electrons. The average Bonchev–Trinajstić information content (AvgIpc) is 2.63. The molecule has 3 aliphatic rings. The third-order valence-electron chi connectivity index (χ3n) is 6.33. The normalized spacial score (nSPS) is 23.2. The molecule has 1 saturated carbocycles. The van der Waals surface area contributed by atoms with Crippen LogP contribution in [0.1, 0.15) is 32.1 Å². The first-order valence-corrected chi connectivity index (χ1v) is 9.84. The Bertz CT molecular complexity index is 648. The maximum absolute atomic E-state index is 13.4. The predicted molar refractivity (Wildman–Crippen MR) is 97.1 cm³/mol. The molecule has 0 aromatic heterocycles. The molecule has 2 saturated heterocycles. The van der Waals surface area contributed by atoms with Crippen molar-refractivity contribution in [3.8, 4) is 0 Å². The van der Waals surface area contributed by atoms with Crippen molar-refractivity contribution in [2.75, 3.05) is 44.2 Å². The van der Waals surface area contributed by atoms with Gasteiger partial charge in [0.1, 0.15) is 0 Å². The molecule has 4 rings (SSSR count). The first-order valence-electron chi connectivity index (χ1n) is 9.84. The molecule has 0 N–H and O–H groups in total. The van der Waals surface area contributed by atoms with Crippen LogP contribution < -0.4 is 4.90 Å². The van der Waals surface area contributed by atoms with Gasteiger partial charge in [0, 0.05) is 63.0 Å². The molecule has 1 aromatic rings. The van der Waals surface area contributed by atoms with Crippen LogP contribution in [0.15, 0.2) is 18.2 Å². The van der Waals surface area contributed by atoms with E-state index in [2.05, 4.69) is 14.7 Å². The van der Waals surface area contributed by atoms with E-state index >= 15 is 0 Å². The first-order chi connectivity index (χ1) is 12.6. The summed E-state index contributed by atoms with van der Waals surface area (Å²) in [5.41, 5.74) is 0.762. The van der Waals surface area contributed by atoms with Crippen LogP contribution in [0, 0.1) is 17.6 Å². The van der Waals surface area contributed by atoms with Crippen LogP contribution in [0.25, 0.3) is 0 Å². The number of anilines is 1. The van der Waals surface area contributed by atoms with Crippen LogP contribution in [0.5, 0.6) is 0 Å². The highest BCUT2D eigenvalue weighted by Gasteiger charge is 2.33. The number of rotatable bonds is 3. The van der Waals surface area contributed by atoms with Crippen LogP contribution in [-0.4, -0.2) is 61.0 Å². The van der Waals surface area contributed by atoms with Crippen LogP contribution >= 0.6 is 0 Å². The number of carbonyl (C=O) groups is 1. The summed E-state index contributed by atoms with van der Waals surface area (Å²) < 4.78 is 26.6. The molecule has 0 unspecified atom stereocenters. The minimum atomic E-state index is -0.794. The van der Waals surface area contributed by atoms with Gasteiger partial charge in [-0.1, -0.05) is 6.42 Å². The van der Waals surface area contributed by atoms with Crippen molar-refractivity contribution >= 4 is 11.6 Å². The quantitative estimate of drug-likeness (QED) is 0.826. The van der Waals surface area contributed by atoms with Gasteiger partial charge in [0.15, 0.2) is 11.6 Å². The SMILES string of the molecule is O=C(C1CCC1)N1CCN(C2CCN(c3ccc(F)c(F)c3)CC2)CC1. The molecule has 1 amide bonds. The summed E-state index contributed by atoms with van der Waals surface area (Å²) in [6, 6.07) is 4.68. The number of hydrogen-bond donors (Lipinski definition) is 0. The fourth-order valence-corrected chi connectivity index (χ4v) is 4.39. The number of amides is 1. The van der Waals surface area contributed by atoms with Crippen molar-refractivity contribution < 1.29 is 13.6 Å². The lowest BCUT2D eigenvalue weighted by Gasteiger charge is -2.44. The summed E-state index contributed by atoms with van der Waals surface area (Å²) in [5, 5.41) is 0. The van der Waals surface area contributed by atoms with Crippen LogP contribution in [0.2, 0.25) is 0 Å². The van der Waals surface area contributed by atoms with Gasteiger partial charge in [-0.3, -0.25) is 9.69 Å². The lowest BCUT2D eigenvalue weighted by atomic mass is 9.84. The molecule has 0 bridgehead atoms. The Labute approximate surface area is 153 Å². The van der Waals surface area contributed by atoms with E-state index in [1.165, 1.54) is 18.6 Å². The van der Waals surface area contributed by atoms with E-state index in [0.29, 0.717) is 17.9 Å². The molecule has 2 aliphatic heterocycles. The first kappa shape index (κ1) is 17.7. The van der Waals surface area contributed by atoms with E-state index in [4.69, 9.17) is 0 Å². The number of piperazine rings is 1. The topological polar surface area (TPSA) is 26.8 Å². The maximum atomic E-state index is 13.4. The maximum Gasteiger partial charge on any atom is 0.225 e. The van der Waals surface area contributed by atoms with E-state index in [1.54, 1.807) is 6.07 Å². The van der Waals surface area contributed by atoms with Crippen molar-refractivity contribution in [2.24, 2.45) is 5.92 Å². The van der Waals surface area contributed by atoms with Crippen molar-refractivity contribution in [3.05, 3.63) is 29.8 Å². The predicted octanol–water partition coefficient (Wildman–Crippen LogP) is 2.88. The molecule has 0 radical (unpaired) electrons. The number of halogens is 2. The molecule has 6 heteroatoms. The van der Waals surface area contributed by atoms with Crippen LogP contribution in [0.3, 0.4) is 0 Å². The number of hydrogen-bond acceptors (Lipinski definition) is 3. The smallest absolute Gasteiger partial charge is 0.225 e. The van der Waals surface area contributed by atoms with E-state index in [9.17, 15) is 13.6 Å². The molecule has 2 heterocycles. The van der Waals surface area contributed by atoms with Gasteiger partial charge in [-0.05, 0) is 37.8 Å². The van der Waals surface area contributed by atoms with Gasteiger partial charge in [0.2, 0.25) is 5.91 Å². The zero-order valence-corrected chi connectivity index (χ0v) is 15.2. The second kappa shape index (κ2) is 7.51. The van der Waals surface area contributed by atoms with Crippen LogP contribution in [0.4, 0.5) is 14.5 Å². The Morgan fingerprint density at radius 3 is 2.15 bits per heavy atom. The molecule has 26 heavy (non-hydrogen) atoms. The molecular weight excluding hydrogens is 336 g/mol. The Morgan fingerprint density at radius 1 is 0.885 bits per heavy atom. The fourth-order valence-electron chi connectivity index (χ4n) is 4.39. The van der Waals surface area contributed by atoms with Crippen molar-refractivity contribution in [1.29, 1.82) is 0 Å². The highest BCUT2D eigenvalue weighted by Crippen LogP contribution is 2.29. The zero-order valence-electron chi connectivity index (χ0n) is 15.2. The molecular formula is C20H27F2N3O. The van der Waals surface area contributed by atoms with Gasteiger partial charge in [0.25, 0.3) is 0 Å². The Morgan fingerprint density at radius 2 is 1.58 bits per heavy atom. The molecule has 4 nitrogen and oxygen atoms in total. The molecule has 1 aliphatic carbocycles. The second-order valence-corrected chi connectivity index (χ2v) is 7.81. The van der Waals surface area contributed by atoms with E-state index in [-0.39, 0.29) is 0 Å². The minimum absolute atomic E-state index is 0.292. The summed E-state index contributed by atoms with van der Waals surface area (Å²) in [5.74, 6) is -0.917. The molecule has 3 fully saturated rings. The van der Waals surface area contributed by atoms with Crippen molar-refractivity contribution in [3.63, 3.8) is 0 Å². The Kier molecular flexibility index (Phi) is 5.11. The summed E-state index contributed by atoms with van der Waals surface area (Å²) in [7, 11) is 0. The fraction of sp³-hybridized carbons (Fsp3) is 0.650. The highest BCUT2D eigenvalue weighted by molar-refractivity contribution is 5.79. The minimum Gasteiger partial charge on any atom is -0.371 e. The molecule has 0 spiro atoms. The number of benzene rings is 1.